The molecule has 0 spiro atoms. The molecule has 1 aromatic heterocycles. The fourth-order valence-corrected chi connectivity index (χ4v) is 2.89. The third kappa shape index (κ3) is 1.83. The molecule has 5 heteroatoms. The number of hydrogen-bond donors (Lipinski definition) is 1. The Morgan fingerprint density at radius 3 is 2.20 bits per heavy atom. The number of nitrogens with zero attached hydrogens (tertiary/aromatic N) is 2. The maximum Gasteiger partial charge on any atom is 0.133 e. The minimum atomic E-state index is 0.0541. The van der Waals surface area contributed by atoms with E-state index in [1.165, 1.54) is 11.5 Å². The summed E-state index contributed by atoms with van der Waals surface area (Å²) in [5.41, 5.74) is 2.25. The van der Waals surface area contributed by atoms with Gasteiger partial charge in [-0.25, -0.2) is 0 Å². The monoisotopic (exact) mass is 281 g/mol. The van der Waals surface area contributed by atoms with Crippen molar-refractivity contribution in [1.82, 2.24) is 9.59 Å². The summed E-state index contributed by atoms with van der Waals surface area (Å²) in [4.78, 5) is 0. The highest BCUT2D eigenvalue weighted by atomic mass is 32.1. The van der Waals surface area contributed by atoms with Crippen LogP contribution >= 0.6 is 11.5 Å². The Balaban J connectivity index is 1.84. The number of rotatable bonds is 2. The van der Waals surface area contributed by atoms with E-state index in [0.29, 0.717) is 0 Å². The van der Waals surface area contributed by atoms with Crippen LogP contribution in [-0.2, 0) is 0 Å². The molecule has 2 heterocycles. The van der Waals surface area contributed by atoms with Crippen LogP contribution in [0.4, 0.5) is 5.00 Å². The predicted molar refractivity (Wildman–Crippen MR) is 78.3 cm³/mol. The predicted octanol–water partition coefficient (Wildman–Crippen LogP) is 3.85. The van der Waals surface area contributed by atoms with Crippen molar-refractivity contribution in [1.29, 1.82) is 0 Å². The van der Waals surface area contributed by atoms with Crippen LogP contribution < -0.4 is 10.1 Å². The zero-order valence-corrected chi connectivity index (χ0v) is 11.3. The SMILES string of the molecule is c1ccc2c(c1)Oc1ccccc1C2Nc1cnns1. The normalized spacial score (nSPS) is 13.2. The number of hydrogen-bond acceptors (Lipinski definition) is 5. The first kappa shape index (κ1) is 11.4. The van der Waals surface area contributed by atoms with E-state index in [1.807, 2.05) is 36.4 Å². The average Bonchev–Trinajstić information content (AvgIpc) is 3.00. The number of para-hydroxylation sites is 2. The summed E-state index contributed by atoms with van der Waals surface area (Å²) in [6.07, 6.45) is 1.74. The third-order valence-electron chi connectivity index (χ3n) is 3.33. The zero-order valence-electron chi connectivity index (χ0n) is 10.5. The zero-order chi connectivity index (χ0) is 13.4. The average molecular weight is 281 g/mol. The van der Waals surface area contributed by atoms with Crippen molar-refractivity contribution in [2.75, 3.05) is 5.32 Å². The highest BCUT2D eigenvalue weighted by Crippen LogP contribution is 2.44. The molecule has 0 bridgehead atoms. The number of ether oxygens (including phenoxy) is 1. The Bertz CT molecular complexity index is 697. The van der Waals surface area contributed by atoms with E-state index in [1.54, 1.807) is 6.20 Å². The van der Waals surface area contributed by atoms with Crippen molar-refractivity contribution in [3.63, 3.8) is 0 Å². The molecular formula is C15H11N3OS. The van der Waals surface area contributed by atoms with Gasteiger partial charge in [-0.05, 0) is 12.1 Å². The summed E-state index contributed by atoms with van der Waals surface area (Å²) >= 11 is 1.35. The highest BCUT2D eigenvalue weighted by molar-refractivity contribution is 7.09. The van der Waals surface area contributed by atoms with Crippen LogP contribution in [0.3, 0.4) is 0 Å². The number of nitrogens with one attached hydrogen (secondary N) is 1. The summed E-state index contributed by atoms with van der Waals surface area (Å²) in [6, 6.07) is 16.2. The molecule has 3 aromatic rings. The van der Waals surface area contributed by atoms with Crippen LogP contribution in [0.2, 0.25) is 0 Å². The van der Waals surface area contributed by atoms with Crippen molar-refractivity contribution >= 4 is 16.5 Å². The quantitative estimate of drug-likeness (QED) is 0.775. The van der Waals surface area contributed by atoms with Gasteiger partial charge < -0.3 is 10.1 Å². The van der Waals surface area contributed by atoms with Crippen LogP contribution in [-0.4, -0.2) is 9.59 Å². The molecule has 1 aliphatic heterocycles. The van der Waals surface area contributed by atoms with E-state index in [4.69, 9.17) is 4.74 Å². The highest BCUT2D eigenvalue weighted by Gasteiger charge is 2.26. The summed E-state index contributed by atoms with van der Waals surface area (Å²) in [5, 5.41) is 8.31. The summed E-state index contributed by atoms with van der Waals surface area (Å²) in [6.45, 7) is 0. The lowest BCUT2D eigenvalue weighted by atomic mass is 9.95. The molecule has 0 saturated carbocycles. The molecule has 2 aromatic carbocycles. The molecule has 4 rings (SSSR count). The van der Waals surface area contributed by atoms with Crippen molar-refractivity contribution in [2.45, 2.75) is 6.04 Å². The number of anilines is 1. The first-order chi connectivity index (χ1) is 9.92. The van der Waals surface area contributed by atoms with Gasteiger partial charge in [-0.3, -0.25) is 0 Å². The molecular weight excluding hydrogens is 270 g/mol. The largest absolute Gasteiger partial charge is 0.457 e. The second-order valence-corrected chi connectivity index (χ2v) is 5.32. The Morgan fingerprint density at radius 1 is 0.950 bits per heavy atom. The minimum Gasteiger partial charge on any atom is -0.457 e. The van der Waals surface area contributed by atoms with Gasteiger partial charge in [-0.1, -0.05) is 40.9 Å². The van der Waals surface area contributed by atoms with E-state index in [-0.39, 0.29) is 6.04 Å². The van der Waals surface area contributed by atoms with E-state index in [9.17, 15) is 0 Å². The van der Waals surface area contributed by atoms with E-state index in [0.717, 1.165) is 27.6 Å². The maximum absolute atomic E-state index is 5.96. The summed E-state index contributed by atoms with van der Waals surface area (Å²) < 4.78 is 9.86. The van der Waals surface area contributed by atoms with Gasteiger partial charge in [0.25, 0.3) is 0 Å². The van der Waals surface area contributed by atoms with E-state index in [2.05, 4.69) is 27.0 Å². The second-order valence-electron chi connectivity index (χ2n) is 4.54. The third-order valence-corrected chi connectivity index (χ3v) is 3.92. The van der Waals surface area contributed by atoms with Gasteiger partial charge in [0, 0.05) is 22.7 Å². The van der Waals surface area contributed by atoms with E-state index < -0.39 is 0 Å². The Morgan fingerprint density at radius 2 is 1.60 bits per heavy atom. The molecule has 0 unspecified atom stereocenters. The fourth-order valence-electron chi connectivity index (χ4n) is 2.44. The van der Waals surface area contributed by atoms with Crippen molar-refractivity contribution < 1.29 is 4.74 Å². The minimum absolute atomic E-state index is 0.0541. The first-order valence-corrected chi connectivity index (χ1v) is 7.09. The van der Waals surface area contributed by atoms with E-state index >= 15 is 0 Å². The van der Waals surface area contributed by atoms with Gasteiger partial charge in [-0.15, -0.1) is 5.10 Å². The second kappa shape index (κ2) is 4.61. The van der Waals surface area contributed by atoms with Gasteiger partial charge in [0.05, 0.1) is 12.2 Å². The maximum atomic E-state index is 5.96. The van der Waals surface area contributed by atoms with Gasteiger partial charge in [0.15, 0.2) is 0 Å². The van der Waals surface area contributed by atoms with Crippen molar-refractivity contribution in [3.8, 4) is 11.5 Å². The number of fused-ring (bicyclic) bond motifs is 2. The number of benzene rings is 2. The Labute approximate surface area is 120 Å². The van der Waals surface area contributed by atoms with Crippen LogP contribution in [0.15, 0.2) is 54.7 Å². The fraction of sp³-hybridized carbons (Fsp3) is 0.0667. The molecule has 1 N–H and O–H groups in total. The summed E-state index contributed by atoms with van der Waals surface area (Å²) in [5.74, 6) is 1.78. The van der Waals surface area contributed by atoms with Crippen LogP contribution in [0.25, 0.3) is 0 Å². The molecule has 0 atom stereocenters. The van der Waals surface area contributed by atoms with Gasteiger partial charge in [-0.2, -0.15) is 0 Å². The lowest BCUT2D eigenvalue weighted by molar-refractivity contribution is 0.451. The topological polar surface area (TPSA) is 47.0 Å². The van der Waals surface area contributed by atoms with Crippen LogP contribution in [0.5, 0.6) is 11.5 Å². The molecule has 0 radical (unpaired) electrons. The number of aromatic nitrogens is 2. The molecule has 98 valence electrons. The standard InChI is InChI=1S/C15H11N3OS/c1-3-7-12-10(5-1)15(17-14-9-16-18-20-14)11-6-2-4-8-13(11)19-12/h1-9,15,17H. The molecule has 0 amide bonds. The first-order valence-electron chi connectivity index (χ1n) is 6.31. The van der Waals surface area contributed by atoms with Crippen molar-refractivity contribution in [3.05, 3.63) is 65.9 Å². The molecule has 0 aliphatic carbocycles. The lowest BCUT2D eigenvalue weighted by Crippen LogP contribution is -2.17. The smallest absolute Gasteiger partial charge is 0.133 e. The van der Waals surface area contributed by atoms with Gasteiger partial charge in [0.1, 0.15) is 16.5 Å². The molecule has 0 fully saturated rings. The van der Waals surface area contributed by atoms with Gasteiger partial charge in [0.2, 0.25) is 0 Å². The molecule has 0 saturated heterocycles. The molecule has 20 heavy (non-hydrogen) atoms. The Kier molecular flexibility index (Phi) is 2.63. The lowest BCUT2D eigenvalue weighted by Gasteiger charge is -2.28. The summed E-state index contributed by atoms with van der Waals surface area (Å²) in [7, 11) is 0. The molecule has 1 aliphatic rings. The van der Waals surface area contributed by atoms with Crippen LogP contribution in [0.1, 0.15) is 17.2 Å². The van der Waals surface area contributed by atoms with Gasteiger partial charge >= 0.3 is 0 Å². The van der Waals surface area contributed by atoms with Crippen LogP contribution in [0, 0.1) is 0 Å². The Hall–Kier alpha value is -2.40. The molecule has 4 nitrogen and oxygen atoms in total. The van der Waals surface area contributed by atoms with Crippen molar-refractivity contribution in [2.24, 2.45) is 0 Å².